The van der Waals surface area contributed by atoms with Crippen LogP contribution in [0.4, 0.5) is 8.78 Å². The Morgan fingerprint density at radius 1 is 0.900 bits per heavy atom. The van der Waals surface area contributed by atoms with Crippen LogP contribution >= 0.6 is 0 Å². The van der Waals surface area contributed by atoms with Gasteiger partial charge in [-0.15, -0.1) is 0 Å². The van der Waals surface area contributed by atoms with Crippen molar-refractivity contribution in [1.29, 1.82) is 0 Å². The van der Waals surface area contributed by atoms with Crippen molar-refractivity contribution in [3.8, 4) is 5.75 Å². The molecule has 5 nitrogen and oxygen atoms in total. The lowest BCUT2D eigenvalue weighted by atomic mass is 10.1. The number of hydrogen-bond donors (Lipinski definition) is 1. The highest BCUT2D eigenvalue weighted by Gasteiger charge is 2.16. The smallest absolute Gasteiger partial charge is 0.387 e. The Morgan fingerprint density at radius 2 is 1.60 bits per heavy atom. The molecule has 0 spiro atoms. The maximum atomic E-state index is 12.5. The third kappa shape index (κ3) is 5.87. The molecule has 0 fully saturated rings. The Bertz CT molecular complexity index is 1100. The van der Waals surface area contributed by atoms with Gasteiger partial charge in [0.15, 0.2) is 9.84 Å². The van der Waals surface area contributed by atoms with Gasteiger partial charge in [-0.25, -0.2) is 8.42 Å². The SMILES string of the molecule is O=C(NCc1ccc(OC(F)F)cc1)c1cccc(CS(=O)(=O)c2ccccc2)c1. The standard InChI is InChI=1S/C22H19F2NO4S/c23-22(24)29-19-11-9-16(10-12-19)14-25-21(26)18-6-4-5-17(13-18)15-30(27,28)20-7-2-1-3-8-20/h1-13,22H,14-15H2,(H,25,26). The normalized spacial score (nSPS) is 11.3. The van der Waals surface area contributed by atoms with Gasteiger partial charge in [-0.3, -0.25) is 4.79 Å². The molecule has 0 aliphatic heterocycles. The lowest BCUT2D eigenvalue weighted by Gasteiger charge is -2.09. The summed E-state index contributed by atoms with van der Waals surface area (Å²) in [6.45, 7) is -2.71. The van der Waals surface area contributed by atoms with Gasteiger partial charge in [-0.05, 0) is 47.5 Å². The largest absolute Gasteiger partial charge is 0.435 e. The Hall–Kier alpha value is -3.26. The second-order valence-electron chi connectivity index (χ2n) is 6.48. The van der Waals surface area contributed by atoms with E-state index in [4.69, 9.17) is 0 Å². The first kappa shape index (κ1) is 21.4. The number of benzene rings is 3. The van der Waals surface area contributed by atoms with Crippen LogP contribution in [0, 0.1) is 0 Å². The highest BCUT2D eigenvalue weighted by molar-refractivity contribution is 7.90. The monoisotopic (exact) mass is 431 g/mol. The zero-order chi connectivity index (χ0) is 21.6. The Balaban J connectivity index is 1.63. The summed E-state index contributed by atoms with van der Waals surface area (Å²) in [6, 6.07) is 20.4. The summed E-state index contributed by atoms with van der Waals surface area (Å²) in [5.41, 5.74) is 1.53. The van der Waals surface area contributed by atoms with Crippen LogP contribution in [0.25, 0.3) is 0 Å². The fourth-order valence-corrected chi connectivity index (χ4v) is 4.16. The third-order valence-electron chi connectivity index (χ3n) is 4.25. The predicted octanol–water partition coefficient (Wildman–Crippen LogP) is 4.19. The van der Waals surface area contributed by atoms with E-state index in [0.29, 0.717) is 16.7 Å². The number of carbonyl (C=O) groups is 1. The molecular weight excluding hydrogens is 412 g/mol. The van der Waals surface area contributed by atoms with Gasteiger partial charge in [-0.2, -0.15) is 8.78 Å². The molecule has 30 heavy (non-hydrogen) atoms. The molecule has 8 heteroatoms. The molecule has 0 saturated carbocycles. The van der Waals surface area contributed by atoms with E-state index in [9.17, 15) is 22.0 Å². The minimum Gasteiger partial charge on any atom is -0.435 e. The van der Waals surface area contributed by atoms with Gasteiger partial charge < -0.3 is 10.1 Å². The van der Waals surface area contributed by atoms with E-state index in [1.807, 2.05) is 0 Å². The van der Waals surface area contributed by atoms with Crippen LogP contribution in [0.5, 0.6) is 5.75 Å². The summed E-state index contributed by atoms with van der Waals surface area (Å²) >= 11 is 0. The van der Waals surface area contributed by atoms with E-state index in [0.717, 1.165) is 0 Å². The quantitative estimate of drug-likeness (QED) is 0.581. The van der Waals surface area contributed by atoms with Crippen LogP contribution in [0.3, 0.4) is 0 Å². The molecule has 3 aromatic rings. The first-order valence-corrected chi connectivity index (χ1v) is 10.7. The highest BCUT2D eigenvalue weighted by Crippen LogP contribution is 2.18. The molecule has 0 aliphatic carbocycles. The first-order valence-electron chi connectivity index (χ1n) is 9.02. The maximum Gasteiger partial charge on any atom is 0.387 e. The molecule has 0 atom stereocenters. The van der Waals surface area contributed by atoms with Crippen LogP contribution in [0.1, 0.15) is 21.5 Å². The highest BCUT2D eigenvalue weighted by atomic mass is 32.2. The number of nitrogens with one attached hydrogen (secondary N) is 1. The van der Waals surface area contributed by atoms with E-state index >= 15 is 0 Å². The van der Waals surface area contributed by atoms with Crippen LogP contribution in [0.2, 0.25) is 0 Å². The number of amides is 1. The molecule has 0 bridgehead atoms. The van der Waals surface area contributed by atoms with Gasteiger partial charge in [0.05, 0.1) is 10.6 Å². The Labute approximate surface area is 173 Å². The van der Waals surface area contributed by atoms with Crippen molar-refractivity contribution in [3.63, 3.8) is 0 Å². The molecule has 3 rings (SSSR count). The van der Waals surface area contributed by atoms with Gasteiger partial charge in [0.2, 0.25) is 0 Å². The van der Waals surface area contributed by atoms with E-state index in [1.165, 1.54) is 30.3 Å². The molecular formula is C22H19F2NO4S. The lowest BCUT2D eigenvalue weighted by molar-refractivity contribution is -0.0498. The van der Waals surface area contributed by atoms with Gasteiger partial charge in [0.1, 0.15) is 5.75 Å². The second kappa shape index (κ2) is 9.49. The molecule has 1 N–H and O–H groups in total. The van der Waals surface area contributed by atoms with Crippen molar-refractivity contribution in [3.05, 3.63) is 95.6 Å². The van der Waals surface area contributed by atoms with Crippen molar-refractivity contribution >= 4 is 15.7 Å². The number of halogens is 2. The van der Waals surface area contributed by atoms with Gasteiger partial charge in [0, 0.05) is 12.1 Å². The van der Waals surface area contributed by atoms with Crippen molar-refractivity contribution < 1.29 is 26.7 Å². The van der Waals surface area contributed by atoms with E-state index < -0.39 is 16.4 Å². The van der Waals surface area contributed by atoms with E-state index in [1.54, 1.807) is 48.5 Å². The number of carbonyl (C=O) groups excluding carboxylic acids is 1. The van der Waals surface area contributed by atoms with Gasteiger partial charge >= 0.3 is 6.61 Å². The zero-order valence-corrected chi connectivity index (χ0v) is 16.6. The van der Waals surface area contributed by atoms with Crippen LogP contribution in [0.15, 0.2) is 83.8 Å². The summed E-state index contributed by atoms with van der Waals surface area (Å²) in [7, 11) is -3.52. The number of rotatable bonds is 8. The van der Waals surface area contributed by atoms with Crippen LogP contribution in [-0.4, -0.2) is 20.9 Å². The summed E-state index contributed by atoms with van der Waals surface area (Å²) in [6.07, 6.45) is 0. The summed E-state index contributed by atoms with van der Waals surface area (Å²) in [5, 5.41) is 2.72. The molecule has 156 valence electrons. The van der Waals surface area contributed by atoms with Gasteiger partial charge in [0.25, 0.3) is 5.91 Å². The second-order valence-corrected chi connectivity index (χ2v) is 8.47. The zero-order valence-electron chi connectivity index (χ0n) is 15.8. The topological polar surface area (TPSA) is 72.5 Å². The summed E-state index contributed by atoms with van der Waals surface area (Å²) in [4.78, 5) is 12.7. The van der Waals surface area contributed by atoms with Crippen LogP contribution < -0.4 is 10.1 Å². The number of sulfone groups is 1. The molecule has 1 amide bonds. The lowest BCUT2D eigenvalue weighted by Crippen LogP contribution is -2.23. The summed E-state index contributed by atoms with van der Waals surface area (Å²) in [5.74, 6) is -0.557. The molecule has 0 aliphatic rings. The molecule has 0 saturated heterocycles. The summed E-state index contributed by atoms with van der Waals surface area (Å²) < 4.78 is 53.7. The van der Waals surface area contributed by atoms with E-state index in [-0.39, 0.29) is 28.8 Å². The van der Waals surface area contributed by atoms with Gasteiger partial charge in [-0.1, -0.05) is 42.5 Å². The fraction of sp³-hybridized carbons (Fsp3) is 0.136. The van der Waals surface area contributed by atoms with Crippen molar-refractivity contribution in [2.24, 2.45) is 0 Å². The van der Waals surface area contributed by atoms with Crippen molar-refractivity contribution in [1.82, 2.24) is 5.32 Å². The maximum absolute atomic E-state index is 12.5. The molecule has 0 radical (unpaired) electrons. The number of alkyl halides is 2. The van der Waals surface area contributed by atoms with E-state index in [2.05, 4.69) is 10.1 Å². The predicted molar refractivity (Wildman–Crippen MR) is 108 cm³/mol. The fourth-order valence-electron chi connectivity index (χ4n) is 2.81. The molecule has 3 aromatic carbocycles. The molecule has 0 heterocycles. The molecule has 0 aromatic heterocycles. The van der Waals surface area contributed by atoms with Crippen molar-refractivity contribution in [2.45, 2.75) is 23.8 Å². The minimum absolute atomic E-state index is 0.0346. The number of hydrogen-bond acceptors (Lipinski definition) is 4. The average Bonchev–Trinajstić information content (AvgIpc) is 2.73. The Morgan fingerprint density at radius 3 is 2.27 bits per heavy atom. The average molecular weight is 431 g/mol. The third-order valence-corrected chi connectivity index (χ3v) is 5.95. The van der Waals surface area contributed by atoms with Crippen LogP contribution in [-0.2, 0) is 22.1 Å². The first-order chi connectivity index (χ1) is 14.3. The minimum atomic E-state index is -3.52. The molecule has 0 unspecified atom stereocenters. The Kier molecular flexibility index (Phi) is 6.79. The van der Waals surface area contributed by atoms with Crippen molar-refractivity contribution in [2.75, 3.05) is 0 Å². The number of ether oxygens (including phenoxy) is 1.